The fraction of sp³-hybridized carbons (Fsp3) is 0. The van der Waals surface area contributed by atoms with Crippen LogP contribution in [0.4, 0.5) is 5.69 Å². The highest BCUT2D eigenvalue weighted by atomic mass is 16.4. The van der Waals surface area contributed by atoms with Crippen molar-refractivity contribution in [2.45, 2.75) is 0 Å². The molecule has 86 valence electrons. The number of hydrogen-bond acceptors (Lipinski definition) is 3. The Balaban J connectivity index is 2.16. The fourth-order valence-electron chi connectivity index (χ4n) is 1.31. The molecule has 2 aromatic rings. The Hall–Kier alpha value is -2.63. The third kappa shape index (κ3) is 2.49. The maximum absolute atomic E-state index is 11.6. The SMILES string of the molecule is O=C(O)c1cccc(NC(=O)c2cnc[nH]2)c1. The molecule has 1 aromatic heterocycles. The molecule has 6 nitrogen and oxygen atoms in total. The van der Waals surface area contributed by atoms with E-state index in [4.69, 9.17) is 5.11 Å². The summed E-state index contributed by atoms with van der Waals surface area (Å²) in [6, 6.07) is 6.01. The number of carbonyl (C=O) groups is 2. The standard InChI is InChI=1S/C11H9N3O3/c15-10(9-5-12-6-13-9)14-8-3-1-2-7(4-8)11(16)17/h1-6H,(H,12,13)(H,14,15)(H,16,17). The first-order valence-electron chi connectivity index (χ1n) is 4.80. The second kappa shape index (κ2) is 4.48. The van der Waals surface area contributed by atoms with Crippen LogP contribution in [0.1, 0.15) is 20.8 Å². The molecule has 0 saturated heterocycles. The number of amides is 1. The number of carbonyl (C=O) groups excluding carboxylic acids is 1. The van der Waals surface area contributed by atoms with Crippen molar-refractivity contribution in [3.63, 3.8) is 0 Å². The van der Waals surface area contributed by atoms with E-state index in [9.17, 15) is 9.59 Å². The van der Waals surface area contributed by atoms with E-state index in [2.05, 4.69) is 15.3 Å². The summed E-state index contributed by atoms with van der Waals surface area (Å²) in [5.74, 6) is -1.41. The summed E-state index contributed by atoms with van der Waals surface area (Å²) in [4.78, 5) is 28.7. The van der Waals surface area contributed by atoms with Crippen LogP contribution in [0.15, 0.2) is 36.8 Å². The average molecular weight is 231 g/mol. The number of imidazole rings is 1. The van der Waals surface area contributed by atoms with E-state index in [1.165, 1.54) is 24.7 Å². The van der Waals surface area contributed by atoms with Crippen molar-refractivity contribution < 1.29 is 14.7 Å². The van der Waals surface area contributed by atoms with Crippen molar-refractivity contribution in [1.29, 1.82) is 0 Å². The molecule has 17 heavy (non-hydrogen) atoms. The number of rotatable bonds is 3. The number of nitrogens with zero attached hydrogens (tertiary/aromatic N) is 1. The van der Waals surface area contributed by atoms with Gasteiger partial charge in [0.05, 0.1) is 18.1 Å². The number of anilines is 1. The van der Waals surface area contributed by atoms with Gasteiger partial charge in [-0.3, -0.25) is 4.79 Å². The quantitative estimate of drug-likeness (QED) is 0.743. The molecule has 0 radical (unpaired) electrons. The summed E-state index contributed by atoms with van der Waals surface area (Å²) < 4.78 is 0. The van der Waals surface area contributed by atoms with E-state index < -0.39 is 5.97 Å². The lowest BCUT2D eigenvalue weighted by Crippen LogP contribution is -2.12. The Morgan fingerprint density at radius 3 is 2.82 bits per heavy atom. The number of carboxylic acid groups (broad SMARTS) is 1. The van der Waals surface area contributed by atoms with Crippen molar-refractivity contribution >= 4 is 17.6 Å². The Kier molecular flexibility index (Phi) is 2.87. The Bertz CT molecular complexity index is 549. The van der Waals surface area contributed by atoms with Gasteiger partial charge in [0.15, 0.2) is 0 Å². The molecule has 0 aliphatic carbocycles. The van der Waals surface area contributed by atoms with Crippen LogP contribution >= 0.6 is 0 Å². The fourth-order valence-corrected chi connectivity index (χ4v) is 1.31. The average Bonchev–Trinajstić information content (AvgIpc) is 2.82. The topological polar surface area (TPSA) is 95.1 Å². The second-order valence-electron chi connectivity index (χ2n) is 3.31. The highest BCUT2D eigenvalue weighted by Crippen LogP contribution is 2.11. The van der Waals surface area contributed by atoms with E-state index in [1.54, 1.807) is 12.1 Å². The summed E-state index contributed by atoms with van der Waals surface area (Å²) in [5, 5.41) is 11.4. The Labute approximate surface area is 96.3 Å². The smallest absolute Gasteiger partial charge is 0.335 e. The predicted octanol–water partition coefficient (Wildman–Crippen LogP) is 1.36. The maximum Gasteiger partial charge on any atom is 0.335 e. The van der Waals surface area contributed by atoms with Crippen molar-refractivity contribution in [3.05, 3.63) is 48.0 Å². The molecule has 0 unspecified atom stereocenters. The number of nitrogens with one attached hydrogen (secondary N) is 2. The third-order valence-corrected chi connectivity index (χ3v) is 2.11. The van der Waals surface area contributed by atoms with Crippen molar-refractivity contribution in [1.82, 2.24) is 9.97 Å². The lowest BCUT2D eigenvalue weighted by molar-refractivity contribution is 0.0696. The zero-order valence-corrected chi connectivity index (χ0v) is 8.68. The lowest BCUT2D eigenvalue weighted by Gasteiger charge is -2.04. The molecule has 1 aromatic carbocycles. The highest BCUT2D eigenvalue weighted by Gasteiger charge is 2.08. The molecule has 0 fully saturated rings. The summed E-state index contributed by atoms with van der Waals surface area (Å²) >= 11 is 0. The molecule has 6 heteroatoms. The monoisotopic (exact) mass is 231 g/mol. The number of aromatic nitrogens is 2. The van der Waals surface area contributed by atoms with Gasteiger partial charge in [-0.25, -0.2) is 9.78 Å². The van der Waals surface area contributed by atoms with Crippen LogP contribution in [0.5, 0.6) is 0 Å². The van der Waals surface area contributed by atoms with Crippen LogP contribution in [-0.2, 0) is 0 Å². The van der Waals surface area contributed by atoms with Crippen LogP contribution in [0, 0.1) is 0 Å². The summed E-state index contributed by atoms with van der Waals surface area (Å²) in [6.07, 6.45) is 2.78. The molecule has 0 bridgehead atoms. The molecule has 1 amide bonds. The molecule has 0 atom stereocenters. The first kappa shape index (κ1) is 10.9. The Morgan fingerprint density at radius 1 is 1.35 bits per heavy atom. The molecule has 0 aliphatic heterocycles. The van der Waals surface area contributed by atoms with E-state index in [1.807, 2.05) is 0 Å². The van der Waals surface area contributed by atoms with Crippen LogP contribution < -0.4 is 5.32 Å². The van der Waals surface area contributed by atoms with Crippen LogP contribution in [0.2, 0.25) is 0 Å². The van der Waals surface area contributed by atoms with Crippen LogP contribution in [0.3, 0.4) is 0 Å². The summed E-state index contributed by atoms with van der Waals surface area (Å²) in [7, 11) is 0. The molecule has 3 N–H and O–H groups in total. The van der Waals surface area contributed by atoms with Gasteiger partial charge in [-0.1, -0.05) is 6.07 Å². The van der Waals surface area contributed by atoms with Crippen LogP contribution in [0.25, 0.3) is 0 Å². The van der Waals surface area contributed by atoms with Gasteiger partial charge in [0, 0.05) is 5.69 Å². The molecule has 0 spiro atoms. The minimum absolute atomic E-state index is 0.118. The first-order valence-corrected chi connectivity index (χ1v) is 4.80. The van der Waals surface area contributed by atoms with Crippen molar-refractivity contribution in [2.24, 2.45) is 0 Å². The zero-order valence-electron chi connectivity index (χ0n) is 8.68. The zero-order chi connectivity index (χ0) is 12.3. The number of aromatic amines is 1. The van der Waals surface area contributed by atoms with Gasteiger partial charge in [-0.05, 0) is 18.2 Å². The van der Waals surface area contributed by atoms with Gasteiger partial charge in [0.2, 0.25) is 0 Å². The minimum atomic E-state index is -1.04. The van der Waals surface area contributed by atoms with Crippen molar-refractivity contribution in [3.8, 4) is 0 Å². The lowest BCUT2D eigenvalue weighted by atomic mass is 10.2. The van der Waals surface area contributed by atoms with Gasteiger partial charge < -0.3 is 15.4 Å². The molecule has 2 rings (SSSR count). The van der Waals surface area contributed by atoms with E-state index in [0.29, 0.717) is 11.4 Å². The van der Waals surface area contributed by atoms with Gasteiger partial charge in [-0.2, -0.15) is 0 Å². The predicted molar refractivity (Wildman–Crippen MR) is 59.9 cm³/mol. The van der Waals surface area contributed by atoms with E-state index in [-0.39, 0.29) is 11.5 Å². The highest BCUT2D eigenvalue weighted by molar-refractivity contribution is 6.03. The number of hydrogen-bond donors (Lipinski definition) is 3. The number of aromatic carboxylic acids is 1. The van der Waals surface area contributed by atoms with Gasteiger partial charge >= 0.3 is 5.97 Å². The molecule has 0 saturated carbocycles. The normalized spacial score (nSPS) is 9.88. The van der Waals surface area contributed by atoms with E-state index in [0.717, 1.165) is 0 Å². The molecular formula is C11H9N3O3. The molecule has 0 aliphatic rings. The van der Waals surface area contributed by atoms with Gasteiger partial charge in [0.25, 0.3) is 5.91 Å². The second-order valence-corrected chi connectivity index (χ2v) is 3.31. The van der Waals surface area contributed by atoms with E-state index >= 15 is 0 Å². The van der Waals surface area contributed by atoms with Gasteiger partial charge in [-0.15, -0.1) is 0 Å². The number of benzene rings is 1. The third-order valence-electron chi connectivity index (χ3n) is 2.11. The summed E-state index contributed by atoms with van der Waals surface area (Å²) in [5.41, 5.74) is 0.850. The largest absolute Gasteiger partial charge is 0.478 e. The Morgan fingerprint density at radius 2 is 2.18 bits per heavy atom. The number of H-pyrrole nitrogens is 1. The van der Waals surface area contributed by atoms with Crippen LogP contribution in [-0.4, -0.2) is 27.0 Å². The molecular weight excluding hydrogens is 222 g/mol. The number of carboxylic acids is 1. The summed E-state index contributed by atoms with van der Waals surface area (Å²) in [6.45, 7) is 0. The first-order chi connectivity index (χ1) is 8.16. The van der Waals surface area contributed by atoms with Crippen molar-refractivity contribution in [2.75, 3.05) is 5.32 Å². The molecule has 1 heterocycles. The maximum atomic E-state index is 11.6. The minimum Gasteiger partial charge on any atom is -0.478 e. The van der Waals surface area contributed by atoms with Gasteiger partial charge in [0.1, 0.15) is 5.69 Å².